The first-order valence-electron chi connectivity index (χ1n) is 6.67. The lowest BCUT2D eigenvalue weighted by Gasteiger charge is -2.11. The Bertz CT molecular complexity index is 597. The molecule has 0 radical (unpaired) electrons. The van der Waals surface area contributed by atoms with Gasteiger partial charge in [0.05, 0.1) is 19.4 Å². The third-order valence-corrected chi connectivity index (χ3v) is 2.79. The van der Waals surface area contributed by atoms with Crippen LogP contribution in [0.25, 0.3) is 0 Å². The van der Waals surface area contributed by atoms with E-state index in [1.165, 1.54) is 0 Å². The molecule has 0 aliphatic rings. The van der Waals surface area contributed by atoms with Gasteiger partial charge in [0.2, 0.25) is 0 Å². The van der Waals surface area contributed by atoms with Crippen LogP contribution in [0.3, 0.4) is 0 Å². The predicted molar refractivity (Wildman–Crippen MR) is 83.4 cm³/mol. The number of hydrogen-bond acceptors (Lipinski definition) is 4. The van der Waals surface area contributed by atoms with E-state index in [2.05, 4.69) is 10.6 Å². The maximum atomic E-state index is 11.3. The van der Waals surface area contributed by atoms with Gasteiger partial charge in [-0.2, -0.15) is 0 Å². The number of amides is 1. The quantitative estimate of drug-likeness (QED) is 0.872. The standard InChI is InChI=1S/C16H18N2O3/c1-3-21-16(19)18-13-10-8-12(9-11-13)17-14-6-4-5-7-15(14)20-2/h4-11,17H,3H2,1-2H3,(H,18,19). The third-order valence-electron chi connectivity index (χ3n) is 2.79. The first kappa shape index (κ1) is 14.7. The Balaban J connectivity index is 2.04. The number of nitrogens with one attached hydrogen (secondary N) is 2. The van der Waals surface area contributed by atoms with E-state index in [1.807, 2.05) is 36.4 Å². The molecule has 2 N–H and O–H groups in total. The molecule has 0 fully saturated rings. The van der Waals surface area contributed by atoms with Crippen molar-refractivity contribution in [3.05, 3.63) is 48.5 Å². The summed E-state index contributed by atoms with van der Waals surface area (Å²) >= 11 is 0. The second-order valence-corrected chi connectivity index (χ2v) is 4.25. The van der Waals surface area contributed by atoms with E-state index in [1.54, 1.807) is 26.2 Å². The van der Waals surface area contributed by atoms with Gasteiger partial charge in [0, 0.05) is 11.4 Å². The fourth-order valence-corrected chi connectivity index (χ4v) is 1.83. The van der Waals surface area contributed by atoms with Gasteiger partial charge in [0.15, 0.2) is 0 Å². The summed E-state index contributed by atoms with van der Waals surface area (Å²) in [5, 5.41) is 5.90. The number of hydrogen-bond donors (Lipinski definition) is 2. The van der Waals surface area contributed by atoms with Crippen molar-refractivity contribution in [2.24, 2.45) is 0 Å². The van der Waals surface area contributed by atoms with Crippen LogP contribution in [0.4, 0.5) is 21.9 Å². The normalized spacial score (nSPS) is 9.81. The number of carbonyl (C=O) groups is 1. The molecule has 5 nitrogen and oxygen atoms in total. The summed E-state index contributed by atoms with van der Waals surface area (Å²) in [4.78, 5) is 11.3. The lowest BCUT2D eigenvalue weighted by atomic mass is 10.2. The van der Waals surface area contributed by atoms with E-state index in [9.17, 15) is 4.79 Å². The van der Waals surface area contributed by atoms with Crippen LogP contribution in [-0.2, 0) is 4.74 Å². The van der Waals surface area contributed by atoms with Crippen molar-refractivity contribution in [3.8, 4) is 5.75 Å². The topological polar surface area (TPSA) is 59.6 Å². The molecule has 0 aromatic heterocycles. The van der Waals surface area contributed by atoms with Gasteiger partial charge in [-0.05, 0) is 43.3 Å². The van der Waals surface area contributed by atoms with Crippen molar-refractivity contribution in [1.82, 2.24) is 0 Å². The zero-order valence-corrected chi connectivity index (χ0v) is 12.1. The van der Waals surface area contributed by atoms with Gasteiger partial charge >= 0.3 is 6.09 Å². The molecule has 21 heavy (non-hydrogen) atoms. The zero-order valence-electron chi connectivity index (χ0n) is 12.1. The van der Waals surface area contributed by atoms with Crippen LogP contribution in [0.5, 0.6) is 5.75 Å². The number of anilines is 3. The molecular formula is C16H18N2O3. The molecule has 0 spiro atoms. The van der Waals surface area contributed by atoms with Gasteiger partial charge in [0.1, 0.15) is 5.75 Å². The van der Waals surface area contributed by atoms with Gasteiger partial charge in [-0.3, -0.25) is 5.32 Å². The van der Waals surface area contributed by atoms with Crippen molar-refractivity contribution in [2.45, 2.75) is 6.92 Å². The molecule has 0 aliphatic heterocycles. The molecular weight excluding hydrogens is 268 g/mol. The Labute approximate surface area is 123 Å². The SMILES string of the molecule is CCOC(=O)Nc1ccc(Nc2ccccc2OC)cc1. The average Bonchev–Trinajstić information content (AvgIpc) is 2.50. The highest BCUT2D eigenvalue weighted by Gasteiger charge is 2.04. The van der Waals surface area contributed by atoms with Crippen molar-refractivity contribution in [1.29, 1.82) is 0 Å². The monoisotopic (exact) mass is 286 g/mol. The second-order valence-electron chi connectivity index (χ2n) is 4.25. The van der Waals surface area contributed by atoms with E-state index >= 15 is 0 Å². The molecule has 0 saturated carbocycles. The number of methoxy groups -OCH3 is 1. The minimum atomic E-state index is -0.456. The maximum absolute atomic E-state index is 11.3. The first-order valence-corrected chi connectivity index (χ1v) is 6.67. The van der Waals surface area contributed by atoms with E-state index in [4.69, 9.17) is 9.47 Å². The smallest absolute Gasteiger partial charge is 0.411 e. The first-order chi connectivity index (χ1) is 10.2. The predicted octanol–water partition coefficient (Wildman–Crippen LogP) is 4.01. The summed E-state index contributed by atoms with van der Waals surface area (Å²) in [6.07, 6.45) is -0.456. The highest BCUT2D eigenvalue weighted by atomic mass is 16.5. The Morgan fingerprint density at radius 1 is 1.05 bits per heavy atom. The van der Waals surface area contributed by atoms with Gasteiger partial charge < -0.3 is 14.8 Å². The Kier molecular flexibility index (Phi) is 5.04. The number of benzene rings is 2. The average molecular weight is 286 g/mol. The van der Waals surface area contributed by atoms with E-state index in [0.29, 0.717) is 12.3 Å². The molecule has 2 aromatic carbocycles. The third kappa shape index (κ3) is 4.14. The largest absolute Gasteiger partial charge is 0.495 e. The van der Waals surface area contributed by atoms with Gasteiger partial charge in [-0.1, -0.05) is 12.1 Å². The van der Waals surface area contributed by atoms with E-state index < -0.39 is 6.09 Å². The highest BCUT2D eigenvalue weighted by molar-refractivity contribution is 5.85. The van der Waals surface area contributed by atoms with Crippen molar-refractivity contribution in [2.75, 3.05) is 24.4 Å². The lowest BCUT2D eigenvalue weighted by Crippen LogP contribution is -2.13. The second kappa shape index (κ2) is 7.19. The van der Waals surface area contributed by atoms with Crippen LogP contribution >= 0.6 is 0 Å². The number of ether oxygens (including phenoxy) is 2. The summed E-state index contributed by atoms with van der Waals surface area (Å²) in [5.74, 6) is 0.770. The molecule has 0 aliphatic carbocycles. The molecule has 110 valence electrons. The minimum Gasteiger partial charge on any atom is -0.495 e. The summed E-state index contributed by atoms with van der Waals surface area (Å²) in [6, 6.07) is 15.0. The molecule has 2 aromatic rings. The van der Waals surface area contributed by atoms with Crippen LogP contribution < -0.4 is 15.4 Å². The molecule has 0 atom stereocenters. The van der Waals surface area contributed by atoms with Crippen LogP contribution in [0.1, 0.15) is 6.92 Å². The van der Waals surface area contributed by atoms with E-state index in [-0.39, 0.29) is 0 Å². The van der Waals surface area contributed by atoms with Crippen LogP contribution in [-0.4, -0.2) is 19.8 Å². The highest BCUT2D eigenvalue weighted by Crippen LogP contribution is 2.27. The Morgan fingerprint density at radius 2 is 1.71 bits per heavy atom. The number of rotatable bonds is 5. The molecule has 0 unspecified atom stereocenters. The van der Waals surface area contributed by atoms with Crippen molar-refractivity contribution in [3.63, 3.8) is 0 Å². The molecule has 0 bridgehead atoms. The van der Waals surface area contributed by atoms with Crippen LogP contribution in [0.15, 0.2) is 48.5 Å². The Hall–Kier alpha value is -2.69. The fourth-order valence-electron chi connectivity index (χ4n) is 1.83. The molecule has 5 heteroatoms. The molecule has 0 saturated heterocycles. The lowest BCUT2D eigenvalue weighted by molar-refractivity contribution is 0.168. The number of para-hydroxylation sites is 2. The van der Waals surface area contributed by atoms with Crippen LogP contribution in [0.2, 0.25) is 0 Å². The van der Waals surface area contributed by atoms with Crippen LogP contribution in [0, 0.1) is 0 Å². The molecule has 0 heterocycles. The van der Waals surface area contributed by atoms with Gasteiger partial charge in [-0.25, -0.2) is 4.79 Å². The fraction of sp³-hybridized carbons (Fsp3) is 0.188. The summed E-state index contributed by atoms with van der Waals surface area (Å²) in [6.45, 7) is 2.11. The van der Waals surface area contributed by atoms with Crippen molar-refractivity contribution >= 4 is 23.2 Å². The van der Waals surface area contributed by atoms with E-state index in [0.717, 1.165) is 17.1 Å². The van der Waals surface area contributed by atoms with Gasteiger partial charge in [0.25, 0.3) is 0 Å². The minimum absolute atomic E-state index is 0.347. The van der Waals surface area contributed by atoms with Gasteiger partial charge in [-0.15, -0.1) is 0 Å². The van der Waals surface area contributed by atoms with Crippen molar-refractivity contribution < 1.29 is 14.3 Å². The zero-order chi connectivity index (χ0) is 15.1. The molecule has 1 amide bonds. The summed E-state index contributed by atoms with van der Waals surface area (Å²) in [5.41, 5.74) is 2.46. The Morgan fingerprint density at radius 3 is 2.38 bits per heavy atom. The summed E-state index contributed by atoms with van der Waals surface area (Å²) in [7, 11) is 1.63. The number of carbonyl (C=O) groups excluding carboxylic acids is 1. The summed E-state index contributed by atoms with van der Waals surface area (Å²) < 4.78 is 10.1. The maximum Gasteiger partial charge on any atom is 0.411 e. The molecule has 2 rings (SSSR count).